The number of nitrogens with zero attached hydrogens (tertiary/aromatic N) is 5. The molecule has 2 aromatic carbocycles. The summed E-state index contributed by atoms with van der Waals surface area (Å²) < 4.78 is 10.6. The first kappa shape index (κ1) is 24.2. The van der Waals surface area contributed by atoms with Gasteiger partial charge in [-0.25, -0.2) is 4.79 Å². The van der Waals surface area contributed by atoms with Crippen LogP contribution in [0.3, 0.4) is 0 Å². The maximum atomic E-state index is 12.8. The van der Waals surface area contributed by atoms with Crippen LogP contribution in [0.1, 0.15) is 19.8 Å². The summed E-state index contributed by atoms with van der Waals surface area (Å²) in [5.41, 5.74) is 8.08. The van der Waals surface area contributed by atoms with Gasteiger partial charge in [0, 0.05) is 29.9 Å². The molecular formula is C23H20N6O7. The molecule has 3 N–H and O–H groups in total. The zero-order chi connectivity index (χ0) is 25.9. The number of azide groups is 1. The number of phenolic OH excluding ortho intramolecular Hbond substituents is 2. The number of rotatable bonds is 9. The van der Waals surface area contributed by atoms with Crippen molar-refractivity contribution in [1.82, 2.24) is 5.32 Å². The Kier molecular flexibility index (Phi) is 6.57. The molecule has 4 rings (SSSR count). The van der Waals surface area contributed by atoms with Crippen LogP contribution in [0.5, 0.6) is 17.2 Å². The van der Waals surface area contributed by atoms with E-state index in [1.165, 1.54) is 36.6 Å². The molecule has 1 aromatic heterocycles. The highest BCUT2D eigenvalue weighted by molar-refractivity contribution is 5.89. The molecule has 13 heteroatoms. The summed E-state index contributed by atoms with van der Waals surface area (Å²) in [6.45, 7) is 1.49. The SMILES string of the molecule is CC1(CCC(=O)C(CN=[N+]=[N-])NC(=O)Oc2ccc(-c3coc4cc(O)cc(O)c4c3=O)cc2)N=N1. The number of aromatic hydroxyl groups is 2. The van der Waals surface area contributed by atoms with Crippen LogP contribution in [0.25, 0.3) is 32.5 Å². The summed E-state index contributed by atoms with van der Waals surface area (Å²) >= 11 is 0. The minimum absolute atomic E-state index is 0.0257. The lowest BCUT2D eigenvalue weighted by molar-refractivity contribution is -0.120. The molecule has 1 unspecified atom stereocenters. The van der Waals surface area contributed by atoms with E-state index < -0.39 is 29.0 Å². The van der Waals surface area contributed by atoms with E-state index in [-0.39, 0.29) is 46.8 Å². The molecule has 36 heavy (non-hydrogen) atoms. The molecule has 184 valence electrons. The lowest BCUT2D eigenvalue weighted by atomic mass is 10.0. The fraction of sp³-hybridized carbons (Fsp3) is 0.261. The number of carbonyl (C=O) groups is 2. The third kappa shape index (κ3) is 5.42. The number of phenols is 2. The molecule has 13 nitrogen and oxygen atoms in total. The zero-order valence-corrected chi connectivity index (χ0v) is 18.9. The van der Waals surface area contributed by atoms with Gasteiger partial charge in [0.25, 0.3) is 0 Å². The van der Waals surface area contributed by atoms with Crippen LogP contribution in [0.2, 0.25) is 0 Å². The Morgan fingerprint density at radius 1 is 1.25 bits per heavy atom. The van der Waals surface area contributed by atoms with Crippen LogP contribution in [0.15, 0.2) is 67.2 Å². The number of Topliss-reactive ketones (excluding diaryl/α,β-unsaturated/α-hetero) is 1. The largest absolute Gasteiger partial charge is 0.508 e. The van der Waals surface area contributed by atoms with Gasteiger partial charge in [0.05, 0.1) is 18.2 Å². The Bertz CT molecular complexity index is 1470. The lowest BCUT2D eigenvalue weighted by Gasteiger charge is -2.16. The highest BCUT2D eigenvalue weighted by Crippen LogP contribution is 2.32. The van der Waals surface area contributed by atoms with E-state index in [1.54, 1.807) is 6.92 Å². The minimum atomic E-state index is -1.08. The molecule has 1 aliphatic heterocycles. The number of hydrogen-bond acceptors (Lipinski definition) is 10. The fourth-order valence-corrected chi connectivity index (χ4v) is 3.46. The van der Waals surface area contributed by atoms with Gasteiger partial charge in [0.1, 0.15) is 34.5 Å². The molecule has 1 atom stereocenters. The highest BCUT2D eigenvalue weighted by Gasteiger charge is 2.35. The predicted molar refractivity (Wildman–Crippen MR) is 126 cm³/mol. The van der Waals surface area contributed by atoms with Crippen LogP contribution < -0.4 is 15.5 Å². The summed E-state index contributed by atoms with van der Waals surface area (Å²) in [4.78, 5) is 40.3. The Labute approximate surface area is 202 Å². The van der Waals surface area contributed by atoms with E-state index in [0.717, 1.165) is 6.07 Å². The van der Waals surface area contributed by atoms with Crippen molar-refractivity contribution in [2.24, 2.45) is 15.3 Å². The van der Waals surface area contributed by atoms with Gasteiger partial charge in [-0.15, -0.1) is 0 Å². The molecule has 0 aliphatic carbocycles. The van der Waals surface area contributed by atoms with Gasteiger partial charge < -0.3 is 24.7 Å². The first-order chi connectivity index (χ1) is 17.2. The van der Waals surface area contributed by atoms with E-state index in [0.29, 0.717) is 12.0 Å². The maximum Gasteiger partial charge on any atom is 0.413 e. The van der Waals surface area contributed by atoms with Crippen molar-refractivity contribution < 1.29 is 29.0 Å². The fourth-order valence-electron chi connectivity index (χ4n) is 3.46. The van der Waals surface area contributed by atoms with E-state index in [9.17, 15) is 24.6 Å². The number of fused-ring (bicyclic) bond motifs is 1. The topological polar surface area (TPSA) is 200 Å². The molecule has 1 amide bonds. The van der Waals surface area contributed by atoms with E-state index in [2.05, 4.69) is 25.6 Å². The smallest absolute Gasteiger partial charge is 0.413 e. The van der Waals surface area contributed by atoms with Crippen molar-refractivity contribution in [3.05, 3.63) is 63.3 Å². The molecule has 0 fully saturated rings. The average molecular weight is 492 g/mol. The van der Waals surface area contributed by atoms with Crippen LogP contribution in [0, 0.1) is 0 Å². The van der Waals surface area contributed by atoms with Gasteiger partial charge in [-0.2, -0.15) is 10.2 Å². The third-order valence-corrected chi connectivity index (χ3v) is 5.51. The average Bonchev–Trinajstić information content (AvgIpc) is 3.58. The molecule has 0 saturated heterocycles. The number of carbonyl (C=O) groups excluding carboxylic acids is 2. The van der Waals surface area contributed by atoms with Gasteiger partial charge in [0.2, 0.25) is 5.43 Å². The summed E-state index contributed by atoms with van der Waals surface area (Å²) in [6.07, 6.45) is 0.712. The second-order valence-electron chi connectivity index (χ2n) is 8.22. The van der Waals surface area contributed by atoms with Crippen LogP contribution >= 0.6 is 0 Å². The molecule has 0 spiro atoms. The quantitative estimate of drug-likeness (QED) is 0.226. The molecule has 0 bridgehead atoms. The molecule has 3 aromatic rings. The van der Waals surface area contributed by atoms with Crippen LogP contribution in [0.4, 0.5) is 4.79 Å². The monoisotopic (exact) mass is 492 g/mol. The van der Waals surface area contributed by atoms with Gasteiger partial charge in [-0.05, 0) is 30.2 Å². The molecule has 1 aliphatic rings. The summed E-state index contributed by atoms with van der Waals surface area (Å²) in [5.74, 6) is -0.903. The summed E-state index contributed by atoms with van der Waals surface area (Å²) in [7, 11) is 0. The number of amides is 1. The number of ether oxygens (including phenoxy) is 1. The van der Waals surface area contributed by atoms with Crippen LogP contribution in [-0.4, -0.2) is 40.3 Å². The van der Waals surface area contributed by atoms with Crippen molar-refractivity contribution in [2.45, 2.75) is 31.5 Å². The van der Waals surface area contributed by atoms with Crippen molar-refractivity contribution in [3.8, 4) is 28.4 Å². The van der Waals surface area contributed by atoms with Gasteiger partial charge in [0.15, 0.2) is 11.4 Å². The Balaban J connectivity index is 1.44. The predicted octanol–water partition coefficient (Wildman–Crippen LogP) is 4.17. The molecular weight excluding hydrogens is 472 g/mol. The standard InChI is InChI=1S/C23H20N6O7/c1-23(27-28-23)7-6-17(31)16(10-25-29-24)26-22(34)36-14-4-2-12(3-5-14)15-11-35-19-9-13(30)8-18(32)20(19)21(15)33/h2-5,8-9,11,16,30,32H,6-7,10H2,1H3,(H,26,34). The van der Waals surface area contributed by atoms with E-state index in [1.807, 2.05) is 0 Å². The normalized spacial score (nSPS) is 14.0. The van der Waals surface area contributed by atoms with Gasteiger partial charge >= 0.3 is 6.09 Å². The van der Waals surface area contributed by atoms with Gasteiger partial charge in [-0.1, -0.05) is 17.2 Å². The van der Waals surface area contributed by atoms with Crippen molar-refractivity contribution >= 4 is 22.8 Å². The second-order valence-corrected chi connectivity index (χ2v) is 8.22. The maximum absolute atomic E-state index is 12.8. The molecule has 0 saturated carbocycles. The third-order valence-electron chi connectivity index (χ3n) is 5.51. The number of nitrogens with one attached hydrogen (secondary N) is 1. The Hall–Kier alpha value is -4.90. The number of ketones is 1. The lowest BCUT2D eigenvalue weighted by Crippen LogP contribution is -2.44. The highest BCUT2D eigenvalue weighted by atomic mass is 16.6. The minimum Gasteiger partial charge on any atom is -0.508 e. The first-order valence-electron chi connectivity index (χ1n) is 10.7. The summed E-state index contributed by atoms with van der Waals surface area (Å²) in [6, 6.07) is 7.03. The van der Waals surface area contributed by atoms with E-state index >= 15 is 0 Å². The zero-order valence-electron chi connectivity index (χ0n) is 18.9. The summed E-state index contributed by atoms with van der Waals surface area (Å²) in [5, 5.41) is 33.0. The Morgan fingerprint density at radius 2 is 1.97 bits per heavy atom. The Morgan fingerprint density at radius 3 is 2.64 bits per heavy atom. The van der Waals surface area contributed by atoms with Gasteiger partial charge in [-0.3, -0.25) is 9.59 Å². The van der Waals surface area contributed by atoms with Crippen molar-refractivity contribution in [2.75, 3.05) is 6.54 Å². The first-order valence-corrected chi connectivity index (χ1v) is 10.7. The molecule has 2 heterocycles. The van der Waals surface area contributed by atoms with Crippen LogP contribution in [-0.2, 0) is 4.79 Å². The number of hydrogen-bond donors (Lipinski definition) is 3. The van der Waals surface area contributed by atoms with E-state index in [4.69, 9.17) is 14.7 Å². The second kappa shape index (κ2) is 9.76. The number of benzene rings is 2. The van der Waals surface area contributed by atoms with Crippen molar-refractivity contribution in [3.63, 3.8) is 0 Å². The van der Waals surface area contributed by atoms with Crippen molar-refractivity contribution in [1.29, 1.82) is 0 Å². The molecule has 0 radical (unpaired) electrons.